The summed E-state index contributed by atoms with van der Waals surface area (Å²) < 4.78 is 10.4. The second-order valence-electron chi connectivity index (χ2n) is 10.3. The number of nitrogens with zero attached hydrogens (tertiary/aromatic N) is 2. The second-order valence-corrected chi connectivity index (χ2v) is 10.3. The molecule has 8 rings (SSSR count). The summed E-state index contributed by atoms with van der Waals surface area (Å²) in [5.41, 5.74) is 10.8. The number of rotatable bonds is 5. The van der Waals surface area contributed by atoms with E-state index in [1.165, 1.54) is 56.6 Å². The van der Waals surface area contributed by atoms with E-state index in [1.54, 1.807) is 12.5 Å². The third-order valence-corrected chi connectivity index (χ3v) is 7.93. The molecule has 0 N–H and O–H groups in total. The molecule has 2 aromatic heterocycles. The summed E-state index contributed by atoms with van der Waals surface area (Å²) in [7, 11) is 0. The zero-order valence-electron chi connectivity index (χ0n) is 22.6. The molecule has 0 aliphatic carbocycles. The molecular weight excluding hydrogens is 516 g/mol. The van der Waals surface area contributed by atoms with Gasteiger partial charge in [-0.3, -0.25) is 0 Å². The van der Waals surface area contributed by atoms with Gasteiger partial charge in [0.15, 0.2) is 12.8 Å². The average Bonchev–Trinajstić information content (AvgIpc) is 3.80. The molecule has 8 aromatic rings. The number of aromatic nitrogens is 2. The van der Waals surface area contributed by atoms with E-state index in [0.29, 0.717) is 0 Å². The van der Waals surface area contributed by atoms with Crippen LogP contribution in [0.5, 0.6) is 0 Å². The lowest BCUT2D eigenvalue weighted by atomic mass is 9.84. The first kappa shape index (κ1) is 24.1. The first-order valence-corrected chi connectivity index (χ1v) is 13.9. The molecule has 0 aliphatic heterocycles. The molecule has 0 unspecified atom stereocenters. The van der Waals surface area contributed by atoms with E-state index in [9.17, 15) is 0 Å². The van der Waals surface area contributed by atoms with Crippen LogP contribution < -0.4 is 0 Å². The van der Waals surface area contributed by atoms with Crippen molar-refractivity contribution in [3.63, 3.8) is 0 Å². The Morgan fingerprint density at radius 3 is 1.33 bits per heavy atom. The molecule has 0 bridgehead atoms. The molecule has 0 saturated carbocycles. The van der Waals surface area contributed by atoms with Crippen molar-refractivity contribution in [3.05, 3.63) is 147 Å². The minimum atomic E-state index is 0.826. The molecule has 0 saturated heterocycles. The Balaban J connectivity index is 1.40. The highest BCUT2D eigenvalue weighted by molar-refractivity contribution is 6.22. The van der Waals surface area contributed by atoms with Crippen molar-refractivity contribution in [3.8, 4) is 55.9 Å². The molecular formula is C38H24N2O2. The van der Waals surface area contributed by atoms with Crippen molar-refractivity contribution >= 4 is 21.5 Å². The molecule has 0 spiro atoms. The number of fused-ring (bicyclic) bond motifs is 2. The van der Waals surface area contributed by atoms with Gasteiger partial charge in [-0.1, -0.05) is 115 Å². The quantitative estimate of drug-likeness (QED) is 0.204. The van der Waals surface area contributed by atoms with Crippen LogP contribution in [0.15, 0.2) is 155 Å². The maximum absolute atomic E-state index is 5.22. The predicted molar refractivity (Wildman–Crippen MR) is 169 cm³/mol. The normalized spacial score (nSPS) is 11.3. The van der Waals surface area contributed by atoms with Gasteiger partial charge in [-0.2, -0.15) is 0 Å². The molecule has 0 atom stereocenters. The van der Waals surface area contributed by atoms with Crippen LogP contribution in [0.1, 0.15) is 0 Å². The average molecular weight is 541 g/mol. The molecule has 0 amide bonds. The zero-order valence-corrected chi connectivity index (χ0v) is 22.6. The lowest BCUT2D eigenvalue weighted by Crippen LogP contribution is -1.92. The molecule has 0 fully saturated rings. The van der Waals surface area contributed by atoms with Gasteiger partial charge in [0, 0.05) is 11.1 Å². The maximum Gasteiger partial charge on any atom is 0.181 e. The minimum Gasteiger partial charge on any atom is -0.451 e. The molecule has 0 radical (unpaired) electrons. The van der Waals surface area contributed by atoms with Crippen LogP contribution in [0, 0.1) is 0 Å². The SMILES string of the molecule is c1ccc(-c2ccc3c(-c4ccc(-c5cocn5)cc4)c4ccccc4c(-c4ccc(-c5cocn5)cc4)c3c2)cc1. The summed E-state index contributed by atoms with van der Waals surface area (Å²) in [6.07, 6.45) is 6.28. The number of benzene rings is 6. The summed E-state index contributed by atoms with van der Waals surface area (Å²) in [5, 5.41) is 4.83. The van der Waals surface area contributed by atoms with E-state index < -0.39 is 0 Å². The van der Waals surface area contributed by atoms with Crippen molar-refractivity contribution in [2.75, 3.05) is 0 Å². The van der Waals surface area contributed by atoms with E-state index in [-0.39, 0.29) is 0 Å². The van der Waals surface area contributed by atoms with Crippen molar-refractivity contribution in [1.29, 1.82) is 0 Å². The van der Waals surface area contributed by atoms with E-state index in [1.807, 2.05) is 0 Å². The Kier molecular flexibility index (Phi) is 5.75. The Hall–Kier alpha value is -5.74. The van der Waals surface area contributed by atoms with Crippen molar-refractivity contribution < 1.29 is 8.83 Å². The lowest BCUT2D eigenvalue weighted by Gasteiger charge is -2.19. The summed E-state index contributed by atoms with van der Waals surface area (Å²) in [6, 6.07) is 43.3. The zero-order chi connectivity index (χ0) is 27.9. The Morgan fingerprint density at radius 1 is 0.357 bits per heavy atom. The van der Waals surface area contributed by atoms with E-state index >= 15 is 0 Å². The summed E-state index contributed by atoms with van der Waals surface area (Å²) in [5.74, 6) is 0. The fourth-order valence-electron chi connectivity index (χ4n) is 5.94. The summed E-state index contributed by atoms with van der Waals surface area (Å²) >= 11 is 0. The van der Waals surface area contributed by atoms with E-state index in [4.69, 9.17) is 8.83 Å². The van der Waals surface area contributed by atoms with Gasteiger partial charge in [-0.25, -0.2) is 9.97 Å². The molecule has 198 valence electrons. The summed E-state index contributed by atoms with van der Waals surface area (Å²) in [6.45, 7) is 0. The van der Waals surface area contributed by atoms with Crippen LogP contribution in [-0.2, 0) is 0 Å². The smallest absolute Gasteiger partial charge is 0.181 e. The number of oxazole rings is 2. The van der Waals surface area contributed by atoms with Gasteiger partial charge in [0.2, 0.25) is 0 Å². The van der Waals surface area contributed by atoms with Crippen molar-refractivity contribution in [2.24, 2.45) is 0 Å². The first-order valence-electron chi connectivity index (χ1n) is 13.9. The molecule has 2 heterocycles. The van der Waals surface area contributed by atoms with Crippen LogP contribution in [-0.4, -0.2) is 9.97 Å². The molecule has 6 aromatic carbocycles. The third-order valence-electron chi connectivity index (χ3n) is 7.93. The maximum atomic E-state index is 5.22. The fraction of sp³-hybridized carbons (Fsp3) is 0. The highest BCUT2D eigenvalue weighted by Crippen LogP contribution is 2.45. The minimum absolute atomic E-state index is 0.826. The summed E-state index contributed by atoms with van der Waals surface area (Å²) in [4.78, 5) is 8.64. The van der Waals surface area contributed by atoms with Crippen molar-refractivity contribution in [2.45, 2.75) is 0 Å². The molecule has 0 aliphatic rings. The van der Waals surface area contributed by atoms with Crippen molar-refractivity contribution in [1.82, 2.24) is 9.97 Å². The monoisotopic (exact) mass is 540 g/mol. The number of hydrogen-bond donors (Lipinski definition) is 0. The predicted octanol–water partition coefficient (Wildman–Crippen LogP) is 10.3. The first-order chi connectivity index (χ1) is 20.8. The van der Waals surface area contributed by atoms with Crippen LogP contribution in [0.3, 0.4) is 0 Å². The van der Waals surface area contributed by atoms with Gasteiger partial charge in [0.05, 0.1) is 0 Å². The van der Waals surface area contributed by atoms with Gasteiger partial charge in [-0.15, -0.1) is 0 Å². The van der Waals surface area contributed by atoms with E-state index in [0.717, 1.165) is 33.6 Å². The van der Waals surface area contributed by atoms with Gasteiger partial charge in [0.1, 0.15) is 23.9 Å². The van der Waals surface area contributed by atoms with Gasteiger partial charge in [-0.05, 0) is 61.0 Å². The molecule has 42 heavy (non-hydrogen) atoms. The second kappa shape index (κ2) is 10.0. The van der Waals surface area contributed by atoms with Crippen LogP contribution >= 0.6 is 0 Å². The van der Waals surface area contributed by atoms with Gasteiger partial charge < -0.3 is 8.83 Å². The third kappa shape index (κ3) is 4.09. The highest BCUT2D eigenvalue weighted by Gasteiger charge is 2.18. The standard InChI is InChI=1S/C38H24N2O2/c1-2-6-25(7-3-1)30-18-19-33-34(20-30)38(29-16-12-27(13-17-29)36-22-42-24-40-36)32-9-5-4-8-31(32)37(33)28-14-10-26(11-15-28)35-21-41-23-39-35/h1-24H. The van der Waals surface area contributed by atoms with Gasteiger partial charge in [0.25, 0.3) is 0 Å². The van der Waals surface area contributed by atoms with Crippen LogP contribution in [0.2, 0.25) is 0 Å². The lowest BCUT2D eigenvalue weighted by molar-refractivity contribution is 0.558. The van der Waals surface area contributed by atoms with E-state index in [2.05, 4.69) is 131 Å². The Morgan fingerprint density at radius 2 is 0.810 bits per heavy atom. The largest absolute Gasteiger partial charge is 0.451 e. The van der Waals surface area contributed by atoms with Gasteiger partial charge >= 0.3 is 0 Å². The van der Waals surface area contributed by atoms with Crippen LogP contribution in [0.4, 0.5) is 0 Å². The highest BCUT2D eigenvalue weighted by atomic mass is 16.3. The molecule has 4 heteroatoms. The topological polar surface area (TPSA) is 52.1 Å². The molecule has 4 nitrogen and oxygen atoms in total. The Bertz CT molecular complexity index is 2150. The fourth-order valence-corrected chi connectivity index (χ4v) is 5.94. The Labute approximate surface area is 242 Å². The number of hydrogen-bond acceptors (Lipinski definition) is 4. The van der Waals surface area contributed by atoms with Crippen LogP contribution in [0.25, 0.3) is 77.4 Å².